The van der Waals surface area contributed by atoms with Crippen LogP contribution in [0.2, 0.25) is 0 Å². The second-order valence-corrected chi connectivity index (χ2v) is 18.5. The lowest BCUT2D eigenvalue weighted by Gasteiger charge is -2.41. The summed E-state index contributed by atoms with van der Waals surface area (Å²) in [5.74, 6) is 0. The number of anilines is 6. The third-order valence-corrected chi connectivity index (χ3v) is 15.6. The van der Waals surface area contributed by atoms with E-state index in [1.807, 2.05) is 23.5 Å². The van der Waals surface area contributed by atoms with Gasteiger partial charge in [-0.15, -0.1) is 0 Å². The van der Waals surface area contributed by atoms with E-state index in [1.165, 1.54) is 119 Å². The molecule has 4 aliphatic rings. The molecular weight excluding hydrogens is 762 g/mol. The fraction of sp³-hybridized carbons (Fsp3) is 0. The quantitative estimate of drug-likeness (QED) is 0.127. The maximum atomic E-state index is 2.58. The third-order valence-electron chi connectivity index (χ3n) is 13.3. The molecule has 0 N–H and O–H groups in total. The summed E-state index contributed by atoms with van der Waals surface area (Å²) in [6, 6.07) is 73.2. The molecule has 0 aromatic heterocycles. The van der Waals surface area contributed by atoms with Crippen molar-refractivity contribution >= 4 is 136 Å². The fourth-order valence-electron chi connectivity index (χ4n) is 10.9. The van der Waals surface area contributed by atoms with Gasteiger partial charge in [0, 0.05) is 53.7 Å². The Morgan fingerprint density at radius 3 is 1.13 bits per heavy atom. The second kappa shape index (κ2) is 12.5. The number of fused-ring (bicyclic) bond motifs is 14. The lowest BCUT2D eigenvalue weighted by atomic mass is 9.34. The van der Waals surface area contributed by atoms with Gasteiger partial charge in [-0.3, -0.25) is 0 Å². The Labute approximate surface area is 357 Å². The molecule has 14 rings (SSSR count). The molecule has 0 radical (unpaired) electrons. The van der Waals surface area contributed by atoms with Crippen LogP contribution in [-0.2, 0) is 0 Å². The predicted octanol–water partition coefficient (Wildman–Crippen LogP) is 10.7. The Morgan fingerprint density at radius 1 is 0.283 bits per heavy atom. The molecule has 276 valence electrons. The molecule has 2 nitrogen and oxygen atoms in total. The molecule has 0 aliphatic carbocycles. The lowest BCUT2D eigenvalue weighted by Crippen LogP contribution is -2.60. The van der Waals surface area contributed by atoms with E-state index in [0.717, 1.165) is 0 Å². The zero-order valence-corrected chi connectivity index (χ0v) is 34.0. The fourth-order valence-corrected chi connectivity index (χ4v) is 13.2. The van der Waals surface area contributed by atoms with Gasteiger partial charge in [0.2, 0.25) is 13.4 Å². The highest BCUT2D eigenvalue weighted by Crippen LogP contribution is 2.47. The van der Waals surface area contributed by atoms with Crippen LogP contribution in [0.25, 0.3) is 32.3 Å². The summed E-state index contributed by atoms with van der Waals surface area (Å²) in [7, 11) is 0. The van der Waals surface area contributed by atoms with Gasteiger partial charge in [0.1, 0.15) is 0 Å². The summed E-state index contributed by atoms with van der Waals surface area (Å²) >= 11 is 3.82. The summed E-state index contributed by atoms with van der Waals surface area (Å²) in [6.07, 6.45) is 0. The van der Waals surface area contributed by atoms with Crippen molar-refractivity contribution in [3.63, 3.8) is 0 Å². The van der Waals surface area contributed by atoms with Crippen molar-refractivity contribution in [2.24, 2.45) is 0 Å². The first kappa shape index (κ1) is 33.3. The van der Waals surface area contributed by atoms with Gasteiger partial charge in [-0.2, -0.15) is 0 Å². The molecule has 0 fully saturated rings. The topological polar surface area (TPSA) is 6.48 Å². The van der Waals surface area contributed by atoms with E-state index in [9.17, 15) is 0 Å². The third kappa shape index (κ3) is 4.50. The van der Waals surface area contributed by atoms with E-state index >= 15 is 0 Å². The molecule has 0 unspecified atom stereocenters. The molecule has 60 heavy (non-hydrogen) atoms. The minimum atomic E-state index is 0.109. The first-order chi connectivity index (χ1) is 29.8. The van der Waals surface area contributed by atoms with Crippen molar-refractivity contribution < 1.29 is 0 Å². The van der Waals surface area contributed by atoms with Crippen molar-refractivity contribution in [1.29, 1.82) is 0 Å². The van der Waals surface area contributed by atoms with E-state index in [-0.39, 0.29) is 13.4 Å². The Kier molecular flexibility index (Phi) is 6.91. The van der Waals surface area contributed by atoms with E-state index in [4.69, 9.17) is 0 Å². The normalized spacial score (nSPS) is 14.1. The molecule has 6 heteroatoms. The van der Waals surface area contributed by atoms with Crippen molar-refractivity contribution in [1.82, 2.24) is 0 Å². The van der Waals surface area contributed by atoms with Gasteiger partial charge >= 0.3 is 0 Å². The highest BCUT2D eigenvalue weighted by atomic mass is 32.2. The smallest absolute Gasteiger partial charge is 0.249 e. The maximum Gasteiger partial charge on any atom is 0.249 e. The molecule has 0 bridgehead atoms. The maximum absolute atomic E-state index is 2.58. The summed E-state index contributed by atoms with van der Waals surface area (Å²) in [5.41, 5.74) is 15.7. The first-order valence-electron chi connectivity index (χ1n) is 20.7. The predicted molar refractivity (Wildman–Crippen MR) is 259 cm³/mol. The van der Waals surface area contributed by atoms with Crippen molar-refractivity contribution in [2.45, 2.75) is 19.6 Å². The highest BCUT2D eigenvalue weighted by molar-refractivity contribution is 8.00. The zero-order valence-electron chi connectivity index (χ0n) is 32.3. The first-order valence-corrected chi connectivity index (χ1v) is 22.4. The number of hydrogen-bond donors (Lipinski definition) is 0. The van der Waals surface area contributed by atoms with Crippen LogP contribution in [0.1, 0.15) is 0 Å². The SMILES string of the molecule is c1ccc(N2c3cc4c5ccccc5c5cc6c(cc5c4cc3B3c4ccccc4Sc4cccc2c43)B2c3ccccc3Sc3cccc(c32)N6c2ccccc2)cc1. The molecule has 10 aromatic carbocycles. The molecule has 0 saturated heterocycles. The van der Waals surface area contributed by atoms with Gasteiger partial charge in [0.25, 0.3) is 0 Å². The van der Waals surface area contributed by atoms with Crippen LogP contribution in [-0.4, -0.2) is 13.4 Å². The summed E-state index contributed by atoms with van der Waals surface area (Å²) < 4.78 is 0. The Morgan fingerprint density at radius 2 is 0.667 bits per heavy atom. The largest absolute Gasteiger partial charge is 0.311 e. The standard InChI is InChI=1S/C54H32B2N2S2/c1-3-15-33(16-4-1)57-45-23-13-27-51-53(45)55(41-21-9-11-25-49(41)59-51)43-29-37-38-30-44-48(32-40(38)36-20-8-7-19-35(36)39(37)31-47(43)57)58(34-17-5-2-6-18-34)46-24-14-28-52-54(46)56(44)42-22-10-12-26-50(42)60-52/h1-32H. The van der Waals surface area contributed by atoms with Gasteiger partial charge in [-0.1, -0.05) is 156 Å². The van der Waals surface area contributed by atoms with Crippen LogP contribution in [0, 0.1) is 0 Å². The molecular formula is C54H32B2N2S2. The lowest BCUT2D eigenvalue weighted by molar-refractivity contribution is 1.27. The van der Waals surface area contributed by atoms with E-state index < -0.39 is 0 Å². The van der Waals surface area contributed by atoms with Gasteiger partial charge in [-0.05, 0) is 127 Å². The highest BCUT2D eigenvalue weighted by Gasteiger charge is 2.43. The number of rotatable bonds is 2. The molecule has 4 heterocycles. The number of benzene rings is 10. The average Bonchev–Trinajstić information content (AvgIpc) is 3.31. The molecule has 0 amide bonds. The molecule has 0 atom stereocenters. The van der Waals surface area contributed by atoms with Crippen molar-refractivity contribution in [3.05, 3.63) is 194 Å². The van der Waals surface area contributed by atoms with E-state index in [2.05, 4.69) is 204 Å². The van der Waals surface area contributed by atoms with Crippen LogP contribution in [0.4, 0.5) is 34.1 Å². The van der Waals surface area contributed by atoms with Crippen LogP contribution < -0.4 is 42.6 Å². The molecule has 10 aromatic rings. The molecule has 0 spiro atoms. The van der Waals surface area contributed by atoms with Gasteiger partial charge in [0.15, 0.2) is 0 Å². The summed E-state index contributed by atoms with van der Waals surface area (Å²) in [6.45, 7) is 0.217. The zero-order chi connectivity index (χ0) is 39.1. The van der Waals surface area contributed by atoms with Gasteiger partial charge in [-0.25, -0.2) is 0 Å². The summed E-state index contributed by atoms with van der Waals surface area (Å²) in [4.78, 5) is 10.4. The van der Waals surface area contributed by atoms with E-state index in [0.29, 0.717) is 0 Å². The molecule has 0 saturated carbocycles. The van der Waals surface area contributed by atoms with Crippen LogP contribution in [0.3, 0.4) is 0 Å². The Balaban J connectivity index is 1.13. The second-order valence-electron chi connectivity index (χ2n) is 16.3. The Bertz CT molecular complexity index is 3250. The van der Waals surface area contributed by atoms with Crippen LogP contribution in [0.15, 0.2) is 214 Å². The monoisotopic (exact) mass is 794 g/mol. The molecule has 4 aliphatic heterocycles. The van der Waals surface area contributed by atoms with Crippen molar-refractivity contribution in [3.8, 4) is 0 Å². The van der Waals surface area contributed by atoms with Gasteiger partial charge < -0.3 is 9.80 Å². The Hall–Kier alpha value is -6.59. The van der Waals surface area contributed by atoms with Crippen LogP contribution >= 0.6 is 23.5 Å². The summed E-state index contributed by atoms with van der Waals surface area (Å²) in [5, 5.41) is 7.73. The number of para-hydroxylation sites is 2. The average molecular weight is 795 g/mol. The number of nitrogens with zero attached hydrogens (tertiary/aromatic N) is 2. The van der Waals surface area contributed by atoms with E-state index in [1.54, 1.807) is 0 Å². The van der Waals surface area contributed by atoms with Gasteiger partial charge in [0.05, 0.1) is 0 Å². The minimum Gasteiger partial charge on any atom is -0.311 e. The van der Waals surface area contributed by atoms with Crippen LogP contribution in [0.5, 0.6) is 0 Å². The number of hydrogen-bond acceptors (Lipinski definition) is 4. The minimum absolute atomic E-state index is 0.109. The van der Waals surface area contributed by atoms with Crippen molar-refractivity contribution in [2.75, 3.05) is 9.80 Å².